The van der Waals surface area contributed by atoms with Crippen molar-refractivity contribution in [2.24, 2.45) is 5.92 Å². The van der Waals surface area contributed by atoms with Crippen molar-refractivity contribution in [3.63, 3.8) is 0 Å². The number of nitrogens with one attached hydrogen (secondary N) is 1. The summed E-state index contributed by atoms with van der Waals surface area (Å²) >= 11 is 0. The number of likely N-dealkylation sites (tertiary alicyclic amines) is 1. The second-order valence-electron chi connectivity index (χ2n) is 7.04. The molecule has 1 unspecified atom stereocenters. The van der Waals surface area contributed by atoms with E-state index in [-0.39, 0.29) is 30.2 Å². The van der Waals surface area contributed by atoms with Crippen molar-refractivity contribution in [2.75, 3.05) is 24.5 Å². The highest BCUT2D eigenvalue weighted by Gasteiger charge is 2.43. The monoisotopic (exact) mass is 343 g/mol. The molecule has 3 amide bonds. The Kier molecular flexibility index (Phi) is 5.18. The minimum Gasteiger partial charge on any atom is -0.356 e. The van der Waals surface area contributed by atoms with Crippen molar-refractivity contribution in [1.29, 1.82) is 0 Å². The highest BCUT2D eigenvalue weighted by molar-refractivity contribution is 6.22. The Labute approximate surface area is 148 Å². The van der Waals surface area contributed by atoms with Crippen molar-refractivity contribution in [3.05, 3.63) is 29.8 Å². The second-order valence-corrected chi connectivity index (χ2v) is 7.04. The maximum Gasteiger partial charge on any atom is 0.251 e. The molecule has 0 radical (unpaired) electrons. The molecule has 2 aliphatic heterocycles. The van der Waals surface area contributed by atoms with E-state index >= 15 is 0 Å². The maximum absolute atomic E-state index is 12.8. The summed E-state index contributed by atoms with van der Waals surface area (Å²) in [6.45, 7) is 5.77. The first-order valence-corrected chi connectivity index (χ1v) is 8.87. The Hall–Kier alpha value is -2.21. The highest BCUT2D eigenvalue weighted by Crippen LogP contribution is 2.28. The molecule has 25 heavy (non-hydrogen) atoms. The number of carbonyl (C=O) groups excluding carboxylic acids is 3. The molecule has 1 atom stereocenters. The molecule has 0 aliphatic carbocycles. The van der Waals surface area contributed by atoms with Gasteiger partial charge in [-0.1, -0.05) is 17.7 Å². The largest absolute Gasteiger partial charge is 0.356 e. The average Bonchev–Trinajstić information content (AvgIpc) is 2.89. The number of benzene rings is 1. The Bertz CT molecular complexity index is 663. The number of piperidine rings is 1. The Morgan fingerprint density at radius 3 is 2.40 bits per heavy atom. The van der Waals surface area contributed by atoms with E-state index in [1.165, 1.54) is 11.8 Å². The van der Waals surface area contributed by atoms with E-state index in [2.05, 4.69) is 10.2 Å². The van der Waals surface area contributed by atoms with E-state index in [1.54, 1.807) is 0 Å². The third kappa shape index (κ3) is 3.90. The van der Waals surface area contributed by atoms with E-state index in [1.807, 2.05) is 31.2 Å². The van der Waals surface area contributed by atoms with Crippen LogP contribution in [0.5, 0.6) is 0 Å². The van der Waals surface area contributed by atoms with Crippen molar-refractivity contribution in [1.82, 2.24) is 10.2 Å². The lowest BCUT2D eigenvalue weighted by Crippen LogP contribution is -2.47. The van der Waals surface area contributed by atoms with Gasteiger partial charge in [-0.3, -0.25) is 19.3 Å². The third-order valence-corrected chi connectivity index (χ3v) is 5.14. The second kappa shape index (κ2) is 7.35. The maximum atomic E-state index is 12.8. The van der Waals surface area contributed by atoms with E-state index in [0.717, 1.165) is 31.5 Å². The van der Waals surface area contributed by atoms with Crippen LogP contribution in [0.1, 0.15) is 31.7 Å². The number of anilines is 1. The van der Waals surface area contributed by atoms with Gasteiger partial charge in [-0.2, -0.15) is 0 Å². The fraction of sp³-hybridized carbons (Fsp3) is 0.526. The van der Waals surface area contributed by atoms with Gasteiger partial charge in [0.25, 0.3) is 5.91 Å². The van der Waals surface area contributed by atoms with Crippen LogP contribution in [-0.2, 0) is 14.4 Å². The molecule has 6 nitrogen and oxygen atoms in total. The van der Waals surface area contributed by atoms with E-state index in [4.69, 9.17) is 0 Å². The summed E-state index contributed by atoms with van der Waals surface area (Å²) in [5.74, 6) is 0.196. The number of rotatable bonds is 4. The summed E-state index contributed by atoms with van der Waals surface area (Å²) in [7, 11) is 0. The molecule has 2 fully saturated rings. The SMILES string of the molecule is CC(=O)NCC1CCN(C2CC(=O)N(c3ccc(C)cc3)C2=O)CC1. The molecule has 0 bridgehead atoms. The number of imide groups is 1. The quantitative estimate of drug-likeness (QED) is 0.841. The first kappa shape index (κ1) is 17.6. The molecular formula is C19H25N3O3. The zero-order valence-electron chi connectivity index (χ0n) is 14.8. The van der Waals surface area contributed by atoms with Gasteiger partial charge in [-0.15, -0.1) is 0 Å². The Balaban J connectivity index is 1.61. The molecule has 6 heteroatoms. The molecule has 0 spiro atoms. The molecule has 2 heterocycles. The van der Waals surface area contributed by atoms with Crippen molar-refractivity contribution in [2.45, 2.75) is 39.2 Å². The zero-order chi connectivity index (χ0) is 18.0. The summed E-state index contributed by atoms with van der Waals surface area (Å²) in [5, 5.41) is 2.86. The molecule has 2 saturated heterocycles. The van der Waals surface area contributed by atoms with Crippen LogP contribution in [-0.4, -0.2) is 48.3 Å². The number of hydrogen-bond donors (Lipinski definition) is 1. The van der Waals surface area contributed by atoms with E-state index in [9.17, 15) is 14.4 Å². The summed E-state index contributed by atoms with van der Waals surface area (Å²) < 4.78 is 0. The molecule has 1 aromatic rings. The lowest BCUT2D eigenvalue weighted by Gasteiger charge is -2.34. The zero-order valence-corrected chi connectivity index (χ0v) is 14.8. The number of carbonyl (C=O) groups is 3. The third-order valence-electron chi connectivity index (χ3n) is 5.14. The van der Waals surface area contributed by atoms with Crippen LogP contribution in [0.2, 0.25) is 0 Å². The fourth-order valence-electron chi connectivity index (χ4n) is 3.62. The number of amides is 3. The normalized spacial score (nSPS) is 22.5. The van der Waals surface area contributed by atoms with Crippen molar-refractivity contribution >= 4 is 23.4 Å². The summed E-state index contributed by atoms with van der Waals surface area (Å²) in [6.07, 6.45) is 2.12. The predicted octanol–water partition coefficient (Wildman–Crippen LogP) is 1.48. The minimum atomic E-state index is -0.351. The highest BCUT2D eigenvalue weighted by atomic mass is 16.2. The van der Waals surface area contributed by atoms with Crippen LogP contribution in [0.25, 0.3) is 0 Å². The van der Waals surface area contributed by atoms with E-state index < -0.39 is 0 Å². The van der Waals surface area contributed by atoms with Crippen LogP contribution in [0.4, 0.5) is 5.69 Å². The van der Waals surface area contributed by atoms with Gasteiger partial charge in [0.15, 0.2) is 0 Å². The number of nitrogens with zero attached hydrogens (tertiary/aromatic N) is 2. The summed E-state index contributed by atoms with van der Waals surface area (Å²) in [5.41, 5.74) is 1.75. The Morgan fingerprint density at radius 2 is 1.80 bits per heavy atom. The van der Waals surface area contributed by atoms with Crippen LogP contribution in [0.15, 0.2) is 24.3 Å². The fourth-order valence-corrected chi connectivity index (χ4v) is 3.62. The van der Waals surface area contributed by atoms with Crippen LogP contribution < -0.4 is 10.2 Å². The minimum absolute atomic E-state index is 0.00673. The molecule has 3 rings (SSSR count). The first-order chi connectivity index (χ1) is 12.0. The molecule has 0 aromatic heterocycles. The van der Waals surface area contributed by atoms with Crippen molar-refractivity contribution in [3.8, 4) is 0 Å². The van der Waals surface area contributed by atoms with Gasteiger partial charge in [-0.05, 0) is 50.9 Å². The topological polar surface area (TPSA) is 69.7 Å². The van der Waals surface area contributed by atoms with Gasteiger partial charge in [-0.25, -0.2) is 4.90 Å². The molecule has 2 aliphatic rings. The molecule has 1 aromatic carbocycles. The average molecular weight is 343 g/mol. The Morgan fingerprint density at radius 1 is 1.16 bits per heavy atom. The number of hydrogen-bond acceptors (Lipinski definition) is 4. The smallest absolute Gasteiger partial charge is 0.251 e. The number of aryl methyl sites for hydroxylation is 1. The standard InChI is InChI=1S/C19H25N3O3/c1-13-3-5-16(6-4-13)22-18(24)11-17(19(22)25)21-9-7-15(8-10-21)12-20-14(2)23/h3-6,15,17H,7-12H2,1-2H3,(H,20,23). The van der Waals surface area contributed by atoms with Crippen molar-refractivity contribution < 1.29 is 14.4 Å². The van der Waals surface area contributed by atoms with Crippen LogP contribution in [0.3, 0.4) is 0 Å². The van der Waals surface area contributed by atoms with Gasteiger partial charge in [0.05, 0.1) is 18.2 Å². The van der Waals surface area contributed by atoms with Gasteiger partial charge >= 0.3 is 0 Å². The molecular weight excluding hydrogens is 318 g/mol. The first-order valence-electron chi connectivity index (χ1n) is 8.87. The van der Waals surface area contributed by atoms with E-state index in [0.29, 0.717) is 18.2 Å². The van der Waals surface area contributed by atoms with Crippen LogP contribution in [0, 0.1) is 12.8 Å². The van der Waals surface area contributed by atoms with Gasteiger partial charge in [0.1, 0.15) is 0 Å². The van der Waals surface area contributed by atoms with Gasteiger partial charge < -0.3 is 5.32 Å². The lowest BCUT2D eigenvalue weighted by atomic mass is 9.95. The summed E-state index contributed by atoms with van der Waals surface area (Å²) in [4.78, 5) is 39.7. The van der Waals surface area contributed by atoms with Gasteiger partial charge in [0, 0.05) is 13.5 Å². The van der Waals surface area contributed by atoms with Gasteiger partial charge in [0.2, 0.25) is 11.8 Å². The predicted molar refractivity (Wildman–Crippen MR) is 95.1 cm³/mol. The summed E-state index contributed by atoms with van der Waals surface area (Å²) in [6, 6.07) is 7.13. The molecule has 1 N–H and O–H groups in total. The lowest BCUT2D eigenvalue weighted by molar-refractivity contribution is -0.123. The van der Waals surface area contributed by atoms with Crippen LogP contribution >= 0.6 is 0 Å². The molecule has 0 saturated carbocycles. The molecule has 134 valence electrons.